The van der Waals surface area contributed by atoms with E-state index in [1.54, 1.807) is 61.5 Å². The molecule has 5 nitrogen and oxygen atoms in total. The second-order valence-corrected chi connectivity index (χ2v) is 8.89. The molecule has 2 N–H and O–H groups in total. The van der Waals surface area contributed by atoms with Crippen LogP contribution in [0.3, 0.4) is 0 Å². The molecule has 8 heteroatoms. The number of hydrogen-bond acceptors (Lipinski definition) is 3. The van der Waals surface area contributed by atoms with Gasteiger partial charge in [0.05, 0.1) is 10.6 Å². The third-order valence-electron chi connectivity index (χ3n) is 4.24. The van der Waals surface area contributed by atoms with Crippen molar-refractivity contribution in [2.75, 3.05) is 4.72 Å². The Morgan fingerprint density at radius 3 is 2.34 bits per heavy atom. The maximum atomic E-state index is 12.5. The molecule has 0 heterocycles. The smallest absolute Gasteiger partial charge is 0.261 e. The molecular formula is C21H18Cl2N2O3S. The average Bonchev–Trinajstić information content (AvgIpc) is 2.69. The fourth-order valence-corrected chi connectivity index (χ4v) is 4.29. The number of sulfonamides is 1. The minimum absolute atomic E-state index is 0.168. The lowest BCUT2D eigenvalue weighted by Crippen LogP contribution is -2.23. The number of nitrogens with one attached hydrogen (secondary N) is 2. The first-order valence-electron chi connectivity index (χ1n) is 8.67. The molecular weight excluding hydrogens is 431 g/mol. The first-order valence-corrected chi connectivity index (χ1v) is 10.9. The summed E-state index contributed by atoms with van der Waals surface area (Å²) in [6.07, 6.45) is 0. The highest BCUT2D eigenvalue weighted by Gasteiger charge is 2.16. The maximum absolute atomic E-state index is 12.5. The third kappa shape index (κ3) is 5.29. The SMILES string of the molecule is Cc1cc(C(=O)NCc2ccc(Cl)cc2Cl)ccc1NS(=O)(=O)c1ccccc1. The molecule has 3 aromatic rings. The lowest BCUT2D eigenvalue weighted by atomic mass is 10.1. The van der Waals surface area contributed by atoms with Gasteiger partial charge in [-0.3, -0.25) is 9.52 Å². The molecule has 0 unspecified atom stereocenters. The van der Waals surface area contributed by atoms with Gasteiger partial charge in [0.25, 0.3) is 15.9 Å². The zero-order valence-electron chi connectivity index (χ0n) is 15.4. The molecule has 1 amide bonds. The number of hydrogen-bond donors (Lipinski definition) is 2. The Morgan fingerprint density at radius 1 is 0.966 bits per heavy atom. The third-order valence-corrected chi connectivity index (χ3v) is 6.21. The van der Waals surface area contributed by atoms with Gasteiger partial charge in [0.15, 0.2) is 0 Å². The van der Waals surface area contributed by atoms with Gasteiger partial charge in [-0.2, -0.15) is 0 Å². The first-order chi connectivity index (χ1) is 13.8. The van der Waals surface area contributed by atoms with Crippen LogP contribution in [-0.2, 0) is 16.6 Å². The highest BCUT2D eigenvalue weighted by molar-refractivity contribution is 7.92. The van der Waals surface area contributed by atoms with E-state index in [-0.39, 0.29) is 17.3 Å². The number of benzene rings is 3. The van der Waals surface area contributed by atoms with Crippen LogP contribution in [0.4, 0.5) is 5.69 Å². The van der Waals surface area contributed by atoms with E-state index in [2.05, 4.69) is 10.0 Å². The summed E-state index contributed by atoms with van der Waals surface area (Å²) in [5, 5.41) is 3.79. The molecule has 0 aliphatic heterocycles. The van der Waals surface area contributed by atoms with Gasteiger partial charge in [-0.1, -0.05) is 47.5 Å². The fourth-order valence-electron chi connectivity index (χ4n) is 2.67. The van der Waals surface area contributed by atoms with E-state index in [4.69, 9.17) is 23.2 Å². The second kappa shape index (κ2) is 8.86. The Hall–Kier alpha value is -2.54. The molecule has 0 atom stereocenters. The number of halogens is 2. The van der Waals surface area contributed by atoms with Crippen LogP contribution in [0, 0.1) is 6.92 Å². The lowest BCUT2D eigenvalue weighted by Gasteiger charge is -2.12. The average molecular weight is 449 g/mol. The van der Waals surface area contributed by atoms with Crippen LogP contribution in [-0.4, -0.2) is 14.3 Å². The molecule has 0 bridgehead atoms. The van der Waals surface area contributed by atoms with Crippen LogP contribution in [0.5, 0.6) is 0 Å². The molecule has 0 aromatic heterocycles. The molecule has 0 saturated carbocycles. The van der Waals surface area contributed by atoms with Crippen LogP contribution < -0.4 is 10.0 Å². The standard InChI is InChI=1S/C21H18Cl2N2O3S/c1-14-11-15(21(26)24-13-16-7-9-17(22)12-19(16)23)8-10-20(14)25-29(27,28)18-5-3-2-4-6-18/h2-12,25H,13H2,1H3,(H,24,26). The fraction of sp³-hybridized carbons (Fsp3) is 0.0952. The number of aryl methyl sites for hydroxylation is 1. The van der Waals surface area contributed by atoms with Crippen molar-refractivity contribution in [2.45, 2.75) is 18.4 Å². The van der Waals surface area contributed by atoms with Crippen molar-refractivity contribution >= 4 is 44.8 Å². The molecule has 0 spiro atoms. The Morgan fingerprint density at radius 2 is 1.69 bits per heavy atom. The summed E-state index contributed by atoms with van der Waals surface area (Å²) >= 11 is 12.0. The molecule has 0 fully saturated rings. The summed E-state index contributed by atoms with van der Waals surface area (Å²) in [6.45, 7) is 1.98. The Bertz CT molecular complexity index is 1150. The minimum atomic E-state index is -3.70. The van der Waals surface area contributed by atoms with Crippen molar-refractivity contribution in [3.8, 4) is 0 Å². The van der Waals surface area contributed by atoms with Crippen molar-refractivity contribution in [2.24, 2.45) is 0 Å². The van der Waals surface area contributed by atoms with Gasteiger partial charge in [0, 0.05) is 22.2 Å². The Balaban J connectivity index is 1.71. The normalized spacial score (nSPS) is 11.1. The molecule has 3 aromatic carbocycles. The van der Waals surface area contributed by atoms with E-state index in [1.165, 1.54) is 12.1 Å². The summed E-state index contributed by atoms with van der Waals surface area (Å²) in [6, 6.07) is 17.9. The summed E-state index contributed by atoms with van der Waals surface area (Å²) in [4.78, 5) is 12.6. The van der Waals surface area contributed by atoms with Crippen LogP contribution in [0.1, 0.15) is 21.5 Å². The molecule has 150 valence electrons. The van der Waals surface area contributed by atoms with Gasteiger partial charge in [-0.15, -0.1) is 0 Å². The molecule has 29 heavy (non-hydrogen) atoms. The lowest BCUT2D eigenvalue weighted by molar-refractivity contribution is 0.0951. The number of rotatable bonds is 6. The van der Waals surface area contributed by atoms with Crippen molar-refractivity contribution < 1.29 is 13.2 Å². The van der Waals surface area contributed by atoms with Gasteiger partial charge < -0.3 is 5.32 Å². The van der Waals surface area contributed by atoms with Gasteiger partial charge in [0.1, 0.15) is 0 Å². The van der Waals surface area contributed by atoms with Crippen molar-refractivity contribution in [3.05, 3.63) is 93.5 Å². The number of carbonyl (C=O) groups is 1. The van der Waals surface area contributed by atoms with E-state index < -0.39 is 10.0 Å². The van der Waals surface area contributed by atoms with Crippen LogP contribution in [0.15, 0.2) is 71.6 Å². The first kappa shape index (κ1) is 21.2. The molecule has 0 saturated heterocycles. The summed E-state index contributed by atoms with van der Waals surface area (Å²) < 4.78 is 27.5. The topological polar surface area (TPSA) is 75.3 Å². The number of anilines is 1. The van der Waals surface area contributed by atoms with E-state index in [0.717, 1.165) is 5.56 Å². The van der Waals surface area contributed by atoms with Gasteiger partial charge in [-0.25, -0.2) is 8.42 Å². The maximum Gasteiger partial charge on any atom is 0.261 e. The minimum Gasteiger partial charge on any atom is -0.348 e. The number of amides is 1. The summed E-state index contributed by atoms with van der Waals surface area (Å²) in [5.41, 5.74) is 2.19. The summed E-state index contributed by atoms with van der Waals surface area (Å²) in [5.74, 6) is -0.295. The van der Waals surface area contributed by atoms with E-state index in [1.807, 2.05) is 0 Å². The highest BCUT2D eigenvalue weighted by Crippen LogP contribution is 2.22. The van der Waals surface area contributed by atoms with E-state index >= 15 is 0 Å². The van der Waals surface area contributed by atoms with Gasteiger partial charge in [-0.05, 0) is 60.5 Å². The van der Waals surface area contributed by atoms with Gasteiger partial charge >= 0.3 is 0 Å². The molecule has 0 aliphatic carbocycles. The highest BCUT2D eigenvalue weighted by atomic mass is 35.5. The monoisotopic (exact) mass is 448 g/mol. The van der Waals surface area contributed by atoms with Crippen LogP contribution >= 0.6 is 23.2 Å². The Labute approximate surface area is 179 Å². The predicted octanol–water partition coefficient (Wildman–Crippen LogP) is 5.03. The summed E-state index contributed by atoms with van der Waals surface area (Å²) in [7, 11) is -3.70. The quantitative estimate of drug-likeness (QED) is 0.554. The van der Waals surface area contributed by atoms with Crippen molar-refractivity contribution in [1.82, 2.24) is 5.32 Å². The second-order valence-electron chi connectivity index (χ2n) is 6.37. The number of carbonyl (C=O) groups excluding carboxylic acids is 1. The van der Waals surface area contributed by atoms with Crippen molar-refractivity contribution in [3.63, 3.8) is 0 Å². The molecule has 3 rings (SSSR count). The zero-order chi connectivity index (χ0) is 21.0. The van der Waals surface area contributed by atoms with Crippen molar-refractivity contribution in [1.29, 1.82) is 0 Å². The van der Waals surface area contributed by atoms with Crippen LogP contribution in [0.2, 0.25) is 10.0 Å². The van der Waals surface area contributed by atoms with E-state index in [9.17, 15) is 13.2 Å². The largest absolute Gasteiger partial charge is 0.348 e. The Kier molecular flexibility index (Phi) is 6.47. The zero-order valence-corrected chi connectivity index (χ0v) is 17.8. The van der Waals surface area contributed by atoms with E-state index in [0.29, 0.717) is 26.9 Å². The van der Waals surface area contributed by atoms with Gasteiger partial charge in [0.2, 0.25) is 0 Å². The molecule has 0 aliphatic rings. The molecule has 0 radical (unpaired) electrons. The van der Waals surface area contributed by atoms with Crippen LogP contribution in [0.25, 0.3) is 0 Å². The predicted molar refractivity (Wildman–Crippen MR) is 116 cm³/mol.